The first kappa shape index (κ1) is 13.4. The smallest absolute Gasteiger partial charge is 0.356 e. The first-order valence-electron chi connectivity index (χ1n) is 4.85. The highest BCUT2D eigenvalue weighted by atomic mass is 19.3. The van der Waals surface area contributed by atoms with Gasteiger partial charge in [-0.3, -0.25) is 0 Å². The molecule has 0 radical (unpaired) electrons. The Morgan fingerprint density at radius 2 is 2.24 bits per heavy atom. The Balaban J connectivity index is 3.25. The number of halogens is 3. The van der Waals surface area contributed by atoms with Gasteiger partial charge in [-0.2, -0.15) is 0 Å². The third kappa shape index (κ3) is 2.94. The SMILES string of the molecule is CCOC(=O)c1cc(C(F)F)c(F)c(CN)n1. The van der Waals surface area contributed by atoms with Crippen molar-refractivity contribution in [3.05, 3.63) is 28.8 Å². The molecular formula is C10H11F3N2O2. The number of nitrogens with zero attached hydrogens (tertiary/aromatic N) is 1. The average Bonchev–Trinajstić information content (AvgIpc) is 2.29. The predicted octanol–water partition coefficient (Wildman–Crippen LogP) is 1.79. The van der Waals surface area contributed by atoms with Crippen LogP contribution in [0.1, 0.15) is 35.1 Å². The fraction of sp³-hybridized carbons (Fsp3) is 0.400. The van der Waals surface area contributed by atoms with Crippen molar-refractivity contribution in [2.24, 2.45) is 5.73 Å². The van der Waals surface area contributed by atoms with Gasteiger partial charge in [-0.1, -0.05) is 0 Å². The highest BCUT2D eigenvalue weighted by Gasteiger charge is 2.21. The Hall–Kier alpha value is -1.63. The van der Waals surface area contributed by atoms with E-state index in [1.807, 2.05) is 0 Å². The Labute approximate surface area is 95.6 Å². The van der Waals surface area contributed by atoms with Crippen molar-refractivity contribution in [3.63, 3.8) is 0 Å². The van der Waals surface area contributed by atoms with E-state index in [1.54, 1.807) is 6.92 Å². The fourth-order valence-corrected chi connectivity index (χ4v) is 1.21. The van der Waals surface area contributed by atoms with Gasteiger partial charge in [-0.25, -0.2) is 22.9 Å². The lowest BCUT2D eigenvalue weighted by Crippen LogP contribution is -2.14. The zero-order valence-corrected chi connectivity index (χ0v) is 9.04. The lowest BCUT2D eigenvalue weighted by molar-refractivity contribution is 0.0518. The molecule has 1 heterocycles. The zero-order chi connectivity index (χ0) is 13.0. The summed E-state index contributed by atoms with van der Waals surface area (Å²) in [5.74, 6) is -2.07. The number of esters is 1. The molecule has 0 fully saturated rings. The number of rotatable bonds is 4. The average molecular weight is 248 g/mol. The van der Waals surface area contributed by atoms with Crippen LogP contribution >= 0.6 is 0 Å². The van der Waals surface area contributed by atoms with Gasteiger partial charge in [0.25, 0.3) is 6.43 Å². The van der Waals surface area contributed by atoms with E-state index in [0.29, 0.717) is 6.07 Å². The zero-order valence-electron chi connectivity index (χ0n) is 9.04. The molecule has 0 saturated carbocycles. The van der Waals surface area contributed by atoms with Gasteiger partial charge in [0.05, 0.1) is 17.9 Å². The summed E-state index contributed by atoms with van der Waals surface area (Å²) in [5.41, 5.74) is 3.51. The van der Waals surface area contributed by atoms with Gasteiger partial charge in [0.1, 0.15) is 5.69 Å². The molecule has 0 aliphatic carbocycles. The molecule has 1 aromatic heterocycles. The van der Waals surface area contributed by atoms with Crippen molar-refractivity contribution < 1.29 is 22.7 Å². The molecule has 4 nitrogen and oxygen atoms in total. The molecular weight excluding hydrogens is 237 g/mol. The number of ether oxygens (including phenoxy) is 1. The van der Waals surface area contributed by atoms with Crippen LogP contribution in [0, 0.1) is 5.82 Å². The second-order valence-electron chi connectivity index (χ2n) is 3.08. The maximum absolute atomic E-state index is 13.4. The topological polar surface area (TPSA) is 65.2 Å². The molecule has 0 saturated heterocycles. The lowest BCUT2D eigenvalue weighted by atomic mass is 10.1. The number of carbonyl (C=O) groups excluding carboxylic acids is 1. The van der Waals surface area contributed by atoms with Crippen LogP contribution in [0.4, 0.5) is 13.2 Å². The molecule has 2 N–H and O–H groups in total. The molecule has 0 bridgehead atoms. The number of hydrogen-bond acceptors (Lipinski definition) is 4. The second-order valence-corrected chi connectivity index (χ2v) is 3.08. The van der Waals surface area contributed by atoms with Gasteiger partial charge in [0.2, 0.25) is 0 Å². The highest BCUT2D eigenvalue weighted by Crippen LogP contribution is 2.24. The van der Waals surface area contributed by atoms with Crippen molar-refractivity contribution in [1.29, 1.82) is 0 Å². The Morgan fingerprint density at radius 3 is 2.71 bits per heavy atom. The number of nitrogens with two attached hydrogens (primary N) is 1. The third-order valence-electron chi connectivity index (χ3n) is 1.97. The van der Waals surface area contributed by atoms with Gasteiger partial charge >= 0.3 is 5.97 Å². The summed E-state index contributed by atoms with van der Waals surface area (Å²) in [6, 6.07) is 0.678. The maximum atomic E-state index is 13.4. The van der Waals surface area contributed by atoms with Crippen LogP contribution in [0.15, 0.2) is 6.07 Å². The second kappa shape index (κ2) is 5.62. The van der Waals surface area contributed by atoms with Crippen molar-refractivity contribution in [1.82, 2.24) is 4.98 Å². The molecule has 0 aliphatic heterocycles. The van der Waals surface area contributed by atoms with E-state index < -0.39 is 23.8 Å². The summed E-state index contributed by atoms with van der Waals surface area (Å²) in [5, 5.41) is 0. The maximum Gasteiger partial charge on any atom is 0.356 e. The minimum Gasteiger partial charge on any atom is -0.461 e. The van der Waals surface area contributed by atoms with Crippen molar-refractivity contribution in [3.8, 4) is 0 Å². The summed E-state index contributed by atoms with van der Waals surface area (Å²) in [6.07, 6.45) is -3.04. The molecule has 1 rings (SSSR count). The summed E-state index contributed by atoms with van der Waals surface area (Å²) < 4.78 is 43.0. The summed E-state index contributed by atoms with van der Waals surface area (Å²) in [4.78, 5) is 14.9. The van der Waals surface area contributed by atoms with Gasteiger partial charge in [-0.05, 0) is 13.0 Å². The molecule has 0 unspecified atom stereocenters. The van der Waals surface area contributed by atoms with Gasteiger partial charge in [0.15, 0.2) is 5.82 Å². The fourth-order valence-electron chi connectivity index (χ4n) is 1.21. The lowest BCUT2D eigenvalue weighted by Gasteiger charge is -2.08. The molecule has 7 heteroatoms. The van der Waals surface area contributed by atoms with Gasteiger partial charge < -0.3 is 10.5 Å². The van der Waals surface area contributed by atoms with Crippen LogP contribution in [-0.2, 0) is 11.3 Å². The Kier molecular flexibility index (Phi) is 4.45. The van der Waals surface area contributed by atoms with Crippen LogP contribution in [0.5, 0.6) is 0 Å². The molecule has 94 valence electrons. The number of aromatic nitrogens is 1. The third-order valence-corrected chi connectivity index (χ3v) is 1.97. The van der Waals surface area contributed by atoms with Crippen molar-refractivity contribution in [2.75, 3.05) is 6.61 Å². The molecule has 0 atom stereocenters. The quantitative estimate of drug-likeness (QED) is 0.825. The molecule has 0 amide bonds. The summed E-state index contributed by atoms with van der Waals surface area (Å²) >= 11 is 0. The molecule has 0 spiro atoms. The summed E-state index contributed by atoms with van der Waals surface area (Å²) in [7, 11) is 0. The number of hydrogen-bond donors (Lipinski definition) is 1. The predicted molar refractivity (Wildman–Crippen MR) is 53.0 cm³/mol. The van der Waals surface area contributed by atoms with Crippen LogP contribution in [0.25, 0.3) is 0 Å². The highest BCUT2D eigenvalue weighted by molar-refractivity contribution is 5.87. The number of pyridine rings is 1. The van der Waals surface area contributed by atoms with Crippen LogP contribution in [0.2, 0.25) is 0 Å². The molecule has 1 aromatic rings. The van der Waals surface area contributed by atoms with Crippen molar-refractivity contribution >= 4 is 5.97 Å². The van der Waals surface area contributed by atoms with Gasteiger partial charge in [-0.15, -0.1) is 0 Å². The van der Waals surface area contributed by atoms with E-state index >= 15 is 0 Å². The van der Waals surface area contributed by atoms with E-state index in [4.69, 9.17) is 5.73 Å². The number of carbonyl (C=O) groups is 1. The normalized spacial score (nSPS) is 10.7. The number of alkyl halides is 2. The minimum absolute atomic E-state index is 0.0693. The van der Waals surface area contributed by atoms with E-state index in [0.717, 1.165) is 0 Å². The Morgan fingerprint density at radius 1 is 1.59 bits per heavy atom. The van der Waals surface area contributed by atoms with E-state index in [2.05, 4.69) is 9.72 Å². The largest absolute Gasteiger partial charge is 0.461 e. The van der Waals surface area contributed by atoms with E-state index in [9.17, 15) is 18.0 Å². The molecule has 0 aliphatic rings. The Bertz CT molecular complexity index is 424. The van der Waals surface area contributed by atoms with Gasteiger partial charge in [0, 0.05) is 6.54 Å². The van der Waals surface area contributed by atoms with Crippen LogP contribution < -0.4 is 5.73 Å². The standard InChI is InChI=1S/C10H11F3N2O2/c1-2-17-10(16)6-3-5(9(12)13)8(11)7(4-14)15-6/h3,9H,2,4,14H2,1H3. The van der Waals surface area contributed by atoms with Crippen LogP contribution in [0.3, 0.4) is 0 Å². The monoisotopic (exact) mass is 248 g/mol. The summed E-state index contributed by atoms with van der Waals surface area (Å²) in [6.45, 7) is 1.25. The molecule has 0 aromatic carbocycles. The van der Waals surface area contributed by atoms with Crippen molar-refractivity contribution in [2.45, 2.75) is 19.9 Å². The molecule has 17 heavy (non-hydrogen) atoms. The first-order valence-corrected chi connectivity index (χ1v) is 4.85. The van der Waals surface area contributed by atoms with E-state index in [-0.39, 0.29) is 24.5 Å². The minimum atomic E-state index is -3.04. The van der Waals surface area contributed by atoms with E-state index in [1.165, 1.54) is 0 Å². The van der Waals surface area contributed by atoms with Crippen LogP contribution in [-0.4, -0.2) is 17.6 Å². The first-order chi connectivity index (χ1) is 8.01.